The van der Waals surface area contributed by atoms with E-state index < -0.39 is 10.0 Å². The molecular weight excluding hydrogens is 284 g/mol. The third kappa shape index (κ3) is 6.16. The smallest absolute Gasteiger partial charge is 0.211 e. The molecule has 0 aliphatic heterocycles. The van der Waals surface area contributed by atoms with E-state index in [2.05, 4.69) is 36.0 Å². The first-order chi connectivity index (χ1) is 9.96. The van der Waals surface area contributed by atoms with Crippen molar-refractivity contribution in [1.29, 1.82) is 0 Å². The van der Waals surface area contributed by atoms with Gasteiger partial charge in [-0.05, 0) is 42.9 Å². The minimum Gasteiger partial charge on any atom is -0.314 e. The summed E-state index contributed by atoms with van der Waals surface area (Å²) in [5.74, 6) is 0.686. The van der Waals surface area contributed by atoms with Crippen LogP contribution in [0.15, 0.2) is 24.3 Å². The van der Waals surface area contributed by atoms with E-state index >= 15 is 0 Å². The number of rotatable bonds is 9. The predicted octanol–water partition coefficient (Wildman–Crippen LogP) is 2.37. The fraction of sp³-hybridized carbons (Fsp3) is 0.625. The maximum absolute atomic E-state index is 11.9. The van der Waals surface area contributed by atoms with Crippen LogP contribution in [0.1, 0.15) is 50.2 Å². The summed E-state index contributed by atoms with van der Waals surface area (Å²) in [4.78, 5) is 0. The third-order valence-corrected chi connectivity index (χ3v) is 5.15. The highest BCUT2D eigenvalue weighted by Crippen LogP contribution is 2.18. The zero-order valence-electron chi connectivity index (χ0n) is 12.9. The molecule has 0 unspecified atom stereocenters. The number of sulfonamides is 1. The molecular formula is C16H26N2O2S. The van der Waals surface area contributed by atoms with E-state index in [4.69, 9.17) is 0 Å². The van der Waals surface area contributed by atoms with Gasteiger partial charge in [-0.1, -0.05) is 38.1 Å². The average molecular weight is 310 g/mol. The van der Waals surface area contributed by atoms with Crippen LogP contribution in [0.25, 0.3) is 0 Å². The molecule has 1 aromatic rings. The van der Waals surface area contributed by atoms with E-state index in [0.29, 0.717) is 24.9 Å². The molecule has 1 fully saturated rings. The Kier molecular flexibility index (Phi) is 5.79. The van der Waals surface area contributed by atoms with E-state index in [1.54, 1.807) is 0 Å². The minimum absolute atomic E-state index is 0.191. The average Bonchev–Trinajstić information content (AvgIpc) is 3.26. The highest BCUT2D eigenvalue weighted by molar-refractivity contribution is 7.89. The van der Waals surface area contributed by atoms with Gasteiger partial charge in [-0.15, -0.1) is 0 Å². The van der Waals surface area contributed by atoms with Crippen LogP contribution in [0.4, 0.5) is 0 Å². The van der Waals surface area contributed by atoms with Crippen LogP contribution in [0.5, 0.6) is 0 Å². The van der Waals surface area contributed by atoms with Gasteiger partial charge in [0.2, 0.25) is 10.0 Å². The van der Waals surface area contributed by atoms with E-state index in [-0.39, 0.29) is 5.75 Å². The molecule has 0 spiro atoms. The van der Waals surface area contributed by atoms with Crippen LogP contribution in [0.3, 0.4) is 0 Å². The van der Waals surface area contributed by atoms with Crippen LogP contribution >= 0.6 is 0 Å². The van der Waals surface area contributed by atoms with E-state index in [1.165, 1.54) is 18.4 Å². The first kappa shape index (κ1) is 16.5. The van der Waals surface area contributed by atoms with Crippen molar-refractivity contribution >= 4 is 10.0 Å². The molecule has 0 bridgehead atoms. The molecule has 21 heavy (non-hydrogen) atoms. The van der Waals surface area contributed by atoms with Gasteiger partial charge in [0.1, 0.15) is 0 Å². The van der Waals surface area contributed by atoms with Crippen LogP contribution in [-0.4, -0.2) is 26.8 Å². The first-order valence-corrected chi connectivity index (χ1v) is 9.41. The van der Waals surface area contributed by atoms with Crippen molar-refractivity contribution in [2.24, 2.45) is 0 Å². The van der Waals surface area contributed by atoms with Crippen molar-refractivity contribution in [2.45, 2.75) is 51.6 Å². The van der Waals surface area contributed by atoms with Crippen molar-refractivity contribution in [3.8, 4) is 0 Å². The molecule has 2 N–H and O–H groups in total. The molecule has 0 heterocycles. The molecule has 2 rings (SSSR count). The van der Waals surface area contributed by atoms with Crippen LogP contribution in [-0.2, 0) is 16.6 Å². The lowest BCUT2D eigenvalue weighted by molar-refractivity contribution is 0.574. The van der Waals surface area contributed by atoms with Crippen molar-refractivity contribution in [3.05, 3.63) is 35.4 Å². The molecule has 0 radical (unpaired) electrons. The van der Waals surface area contributed by atoms with Crippen LogP contribution in [0, 0.1) is 0 Å². The molecule has 1 aliphatic carbocycles. The lowest BCUT2D eigenvalue weighted by Gasteiger charge is -2.09. The van der Waals surface area contributed by atoms with Crippen molar-refractivity contribution in [2.75, 3.05) is 12.3 Å². The second-order valence-corrected chi connectivity index (χ2v) is 8.04. The summed E-state index contributed by atoms with van der Waals surface area (Å²) < 4.78 is 26.5. The summed E-state index contributed by atoms with van der Waals surface area (Å²) in [6.45, 7) is 5.45. The van der Waals surface area contributed by atoms with E-state index in [1.807, 2.05) is 12.1 Å². The summed E-state index contributed by atoms with van der Waals surface area (Å²) in [6, 6.07) is 8.75. The zero-order valence-corrected chi connectivity index (χ0v) is 13.7. The summed E-state index contributed by atoms with van der Waals surface area (Å²) in [5, 5.41) is 3.33. The Hall–Kier alpha value is -0.910. The quantitative estimate of drug-likeness (QED) is 0.689. The number of benzene rings is 1. The lowest BCUT2D eigenvalue weighted by Crippen LogP contribution is -2.28. The Labute approximate surface area is 128 Å². The molecule has 0 aromatic heterocycles. The molecule has 0 atom stereocenters. The molecule has 0 saturated heterocycles. The van der Waals surface area contributed by atoms with Gasteiger partial charge in [0.25, 0.3) is 0 Å². The fourth-order valence-electron chi connectivity index (χ4n) is 2.14. The second-order valence-electron chi connectivity index (χ2n) is 6.12. The van der Waals surface area contributed by atoms with E-state index in [9.17, 15) is 8.42 Å². The van der Waals surface area contributed by atoms with Crippen LogP contribution < -0.4 is 10.0 Å². The third-order valence-electron chi connectivity index (χ3n) is 3.74. The minimum atomic E-state index is -3.17. The topological polar surface area (TPSA) is 58.2 Å². The van der Waals surface area contributed by atoms with E-state index in [0.717, 1.165) is 12.1 Å². The van der Waals surface area contributed by atoms with Crippen molar-refractivity contribution in [1.82, 2.24) is 10.0 Å². The molecule has 1 aliphatic rings. The molecule has 1 aromatic carbocycles. The molecule has 4 nitrogen and oxygen atoms in total. The molecule has 0 amide bonds. The largest absolute Gasteiger partial charge is 0.314 e. The number of nitrogens with one attached hydrogen (secondary N) is 2. The highest BCUT2D eigenvalue weighted by atomic mass is 32.2. The monoisotopic (exact) mass is 310 g/mol. The Morgan fingerprint density at radius 3 is 2.43 bits per heavy atom. The SMILES string of the molecule is CC(C)c1ccc(CNS(=O)(=O)CCCNC2CC2)cc1. The van der Waals surface area contributed by atoms with Gasteiger partial charge in [0.05, 0.1) is 5.75 Å². The van der Waals surface area contributed by atoms with Crippen molar-refractivity contribution < 1.29 is 8.42 Å². The van der Waals surface area contributed by atoms with Gasteiger partial charge in [0.15, 0.2) is 0 Å². The van der Waals surface area contributed by atoms with Crippen molar-refractivity contribution in [3.63, 3.8) is 0 Å². The lowest BCUT2D eigenvalue weighted by atomic mass is 10.0. The van der Waals surface area contributed by atoms with Crippen LogP contribution in [0.2, 0.25) is 0 Å². The van der Waals surface area contributed by atoms with Gasteiger partial charge in [-0.3, -0.25) is 0 Å². The number of hydrogen-bond donors (Lipinski definition) is 2. The zero-order chi connectivity index (χ0) is 15.3. The van der Waals surface area contributed by atoms with Gasteiger partial charge in [-0.2, -0.15) is 0 Å². The molecule has 1 saturated carbocycles. The highest BCUT2D eigenvalue weighted by Gasteiger charge is 2.20. The molecule has 118 valence electrons. The summed E-state index contributed by atoms with van der Waals surface area (Å²) in [5.41, 5.74) is 2.27. The summed E-state index contributed by atoms with van der Waals surface area (Å²) >= 11 is 0. The van der Waals surface area contributed by atoms with Gasteiger partial charge < -0.3 is 5.32 Å². The molecule has 5 heteroatoms. The summed E-state index contributed by atoms with van der Waals surface area (Å²) in [7, 11) is -3.17. The fourth-order valence-corrected chi connectivity index (χ4v) is 3.20. The Balaban J connectivity index is 1.72. The van der Waals surface area contributed by atoms with Gasteiger partial charge in [0, 0.05) is 12.6 Å². The normalized spacial score (nSPS) is 15.6. The first-order valence-electron chi connectivity index (χ1n) is 7.76. The standard InChI is InChI=1S/C16H26N2O2S/c1-13(2)15-6-4-14(5-7-15)12-18-21(19,20)11-3-10-17-16-8-9-16/h4-7,13,16-18H,3,8-12H2,1-2H3. The van der Waals surface area contributed by atoms with Gasteiger partial charge >= 0.3 is 0 Å². The van der Waals surface area contributed by atoms with Gasteiger partial charge in [-0.25, -0.2) is 13.1 Å². The number of hydrogen-bond acceptors (Lipinski definition) is 3. The summed E-state index contributed by atoms with van der Waals surface area (Å²) in [6.07, 6.45) is 3.13. The Morgan fingerprint density at radius 1 is 1.19 bits per heavy atom. The second kappa shape index (κ2) is 7.38. The Bertz CT molecular complexity index is 534. The predicted molar refractivity (Wildman–Crippen MR) is 86.8 cm³/mol. The maximum Gasteiger partial charge on any atom is 0.211 e. The Morgan fingerprint density at radius 2 is 1.86 bits per heavy atom. The maximum atomic E-state index is 11.9.